The van der Waals surface area contributed by atoms with Gasteiger partial charge in [-0.15, -0.1) is 0 Å². The van der Waals surface area contributed by atoms with Crippen LogP contribution >= 0.6 is 0 Å². The number of hydrogen-bond donors (Lipinski definition) is 0. The molecule has 3 aliphatic rings. The van der Waals surface area contributed by atoms with Gasteiger partial charge < -0.3 is 19.1 Å². The van der Waals surface area contributed by atoms with Gasteiger partial charge >= 0.3 is 12.1 Å². The molecule has 6 rings (SSSR count). The Kier molecular flexibility index (Phi) is 4.14. The molecule has 0 radical (unpaired) electrons. The number of anilines is 1. The fraction of sp³-hybridized carbons (Fsp3) is 0.250. The van der Waals surface area contributed by atoms with Crippen molar-refractivity contribution >= 4 is 11.7 Å². The number of ether oxygens (including phenoxy) is 3. The Morgan fingerprint density at radius 1 is 1.00 bits per heavy atom. The molecule has 0 unspecified atom stereocenters. The van der Waals surface area contributed by atoms with Crippen LogP contribution in [0.15, 0.2) is 54.7 Å². The number of carbonyl (C=O) groups is 1. The third kappa shape index (κ3) is 3.02. The summed E-state index contributed by atoms with van der Waals surface area (Å²) in [6.45, 7) is 0.522. The number of hydrogen-bond acceptors (Lipinski definition) is 6. The van der Waals surface area contributed by atoms with E-state index in [1.165, 1.54) is 12.3 Å². The summed E-state index contributed by atoms with van der Waals surface area (Å²) in [5, 5.41) is 0. The van der Waals surface area contributed by atoms with Crippen molar-refractivity contribution in [3.8, 4) is 17.2 Å². The zero-order valence-electron chi connectivity index (χ0n) is 17.2. The van der Waals surface area contributed by atoms with Crippen molar-refractivity contribution in [2.45, 2.75) is 18.1 Å². The first-order valence-electron chi connectivity index (χ1n) is 10.4. The number of benzene rings is 2. The molecule has 0 bridgehead atoms. The van der Waals surface area contributed by atoms with Gasteiger partial charge in [0.2, 0.25) is 0 Å². The highest BCUT2D eigenvalue weighted by Crippen LogP contribution is 2.54. The fourth-order valence-electron chi connectivity index (χ4n) is 4.94. The van der Waals surface area contributed by atoms with Crippen LogP contribution in [0.2, 0.25) is 0 Å². The van der Waals surface area contributed by atoms with Crippen LogP contribution in [0.1, 0.15) is 22.4 Å². The van der Waals surface area contributed by atoms with Crippen LogP contribution in [0, 0.1) is 0 Å². The molecule has 1 aromatic heterocycles. The molecular weight excluding hydrogens is 437 g/mol. The topological polar surface area (TPSA) is 60.9 Å². The third-order valence-corrected chi connectivity index (χ3v) is 6.36. The van der Waals surface area contributed by atoms with Crippen molar-refractivity contribution in [3.63, 3.8) is 0 Å². The lowest BCUT2D eigenvalue weighted by atomic mass is 9.77. The molecule has 0 amide bonds. The number of pyridine rings is 1. The molecule has 168 valence electrons. The van der Waals surface area contributed by atoms with Crippen molar-refractivity contribution < 1.29 is 32.2 Å². The maximum absolute atomic E-state index is 13.6. The minimum absolute atomic E-state index is 0.00713. The lowest BCUT2D eigenvalue weighted by Crippen LogP contribution is -2.36. The summed E-state index contributed by atoms with van der Waals surface area (Å²) in [6.07, 6.45) is -3.12. The maximum atomic E-state index is 13.6. The monoisotopic (exact) mass is 454 g/mol. The maximum Gasteiger partial charge on any atom is 0.418 e. The molecule has 33 heavy (non-hydrogen) atoms. The number of rotatable bonds is 2. The number of aromatic nitrogens is 1. The van der Waals surface area contributed by atoms with Gasteiger partial charge in [0.15, 0.2) is 18.1 Å². The summed E-state index contributed by atoms with van der Waals surface area (Å²) < 4.78 is 57.5. The molecule has 0 aliphatic carbocycles. The first-order chi connectivity index (χ1) is 15.8. The van der Waals surface area contributed by atoms with E-state index in [1.807, 2.05) is 29.2 Å². The minimum Gasteiger partial charge on any atom is -0.492 e. The number of carbonyl (C=O) groups excluding carboxylic acids is 1. The molecule has 0 fully saturated rings. The van der Waals surface area contributed by atoms with Crippen molar-refractivity contribution in [1.82, 2.24) is 4.98 Å². The fourth-order valence-corrected chi connectivity index (χ4v) is 4.94. The standard InChI is InChI=1S/C24H17F3N2O4/c25-24(26,27)14-5-3-7-28-17(14)10-29-12-23(15-4-1-2-6-18(15)29)13-32-19-9-20-21(8-16(19)23)33-22(30)11-31-20/h1-9H,10-13H2/t23-/m1/s1. The van der Waals surface area contributed by atoms with Crippen LogP contribution in [0.3, 0.4) is 0 Å². The summed E-state index contributed by atoms with van der Waals surface area (Å²) in [4.78, 5) is 17.7. The first-order valence-corrected chi connectivity index (χ1v) is 10.4. The SMILES string of the molecule is O=C1COc2cc3c(cc2O1)[C@@]1(CO3)CN(Cc2ncccc2C(F)(F)F)c2ccccc21. The molecule has 6 nitrogen and oxygen atoms in total. The van der Waals surface area contributed by atoms with Gasteiger partial charge in [-0.25, -0.2) is 4.79 Å². The molecule has 3 aliphatic heterocycles. The highest BCUT2D eigenvalue weighted by molar-refractivity contribution is 5.78. The second-order valence-electron chi connectivity index (χ2n) is 8.30. The van der Waals surface area contributed by atoms with E-state index in [1.54, 1.807) is 12.1 Å². The summed E-state index contributed by atoms with van der Waals surface area (Å²) in [7, 11) is 0. The number of alkyl halides is 3. The van der Waals surface area contributed by atoms with E-state index in [9.17, 15) is 18.0 Å². The Labute approximate surface area is 186 Å². The Balaban J connectivity index is 1.43. The Morgan fingerprint density at radius 3 is 2.70 bits per heavy atom. The van der Waals surface area contributed by atoms with E-state index in [2.05, 4.69) is 4.98 Å². The van der Waals surface area contributed by atoms with Crippen LogP contribution < -0.4 is 19.1 Å². The Morgan fingerprint density at radius 2 is 1.85 bits per heavy atom. The van der Waals surface area contributed by atoms with Crippen molar-refractivity contribution in [1.29, 1.82) is 0 Å². The van der Waals surface area contributed by atoms with Gasteiger partial charge in [-0.2, -0.15) is 13.2 Å². The number of halogens is 3. The highest BCUT2D eigenvalue weighted by Gasteiger charge is 2.50. The van der Waals surface area contributed by atoms with Crippen molar-refractivity contribution in [2.75, 3.05) is 24.7 Å². The number of esters is 1. The van der Waals surface area contributed by atoms with Crippen LogP contribution in [0.5, 0.6) is 17.2 Å². The molecule has 2 aromatic carbocycles. The van der Waals surface area contributed by atoms with Gasteiger partial charge in [-0.05, 0) is 29.8 Å². The number of fused-ring (bicyclic) bond motifs is 5. The normalized spacial score (nSPS) is 20.6. The molecule has 1 atom stereocenters. The lowest BCUT2D eigenvalue weighted by Gasteiger charge is -2.26. The van der Waals surface area contributed by atoms with E-state index in [0.29, 0.717) is 30.4 Å². The summed E-state index contributed by atoms with van der Waals surface area (Å²) in [5.74, 6) is 0.864. The number of para-hydroxylation sites is 1. The molecule has 4 heterocycles. The molecule has 0 saturated carbocycles. The predicted octanol–water partition coefficient (Wildman–Crippen LogP) is 4.10. The van der Waals surface area contributed by atoms with E-state index >= 15 is 0 Å². The summed E-state index contributed by atoms with van der Waals surface area (Å²) >= 11 is 0. The Hall–Kier alpha value is -3.75. The second-order valence-corrected chi connectivity index (χ2v) is 8.30. The van der Waals surface area contributed by atoms with Gasteiger partial charge in [0, 0.05) is 30.1 Å². The van der Waals surface area contributed by atoms with E-state index in [0.717, 1.165) is 22.9 Å². The van der Waals surface area contributed by atoms with Crippen LogP contribution in [0.25, 0.3) is 0 Å². The van der Waals surface area contributed by atoms with E-state index in [-0.39, 0.29) is 18.8 Å². The largest absolute Gasteiger partial charge is 0.492 e. The van der Waals surface area contributed by atoms with Gasteiger partial charge in [0.25, 0.3) is 0 Å². The van der Waals surface area contributed by atoms with Crippen LogP contribution in [-0.2, 0) is 22.9 Å². The molecule has 9 heteroatoms. The zero-order valence-corrected chi connectivity index (χ0v) is 17.2. The third-order valence-electron chi connectivity index (χ3n) is 6.36. The predicted molar refractivity (Wildman–Crippen MR) is 111 cm³/mol. The van der Waals surface area contributed by atoms with E-state index in [4.69, 9.17) is 14.2 Å². The summed E-state index contributed by atoms with van der Waals surface area (Å²) in [6, 6.07) is 13.4. The van der Waals surface area contributed by atoms with Crippen LogP contribution in [0.4, 0.5) is 18.9 Å². The second kappa shape index (κ2) is 6.87. The van der Waals surface area contributed by atoms with Crippen LogP contribution in [-0.4, -0.2) is 30.7 Å². The van der Waals surface area contributed by atoms with Gasteiger partial charge in [0.1, 0.15) is 12.4 Å². The van der Waals surface area contributed by atoms with Gasteiger partial charge in [-0.1, -0.05) is 18.2 Å². The molecule has 0 saturated heterocycles. The zero-order chi connectivity index (χ0) is 22.8. The van der Waals surface area contributed by atoms with Gasteiger partial charge in [-0.3, -0.25) is 4.98 Å². The molecule has 0 N–H and O–H groups in total. The average molecular weight is 454 g/mol. The lowest BCUT2D eigenvalue weighted by molar-refractivity contribution is -0.139. The average Bonchev–Trinajstić information content (AvgIpc) is 3.30. The van der Waals surface area contributed by atoms with Gasteiger partial charge in [0.05, 0.1) is 23.2 Å². The molecular formula is C24H17F3N2O4. The van der Waals surface area contributed by atoms with Crippen molar-refractivity contribution in [3.05, 3.63) is 77.1 Å². The smallest absolute Gasteiger partial charge is 0.418 e. The molecule has 3 aromatic rings. The van der Waals surface area contributed by atoms with Crippen molar-refractivity contribution in [2.24, 2.45) is 0 Å². The Bertz CT molecular complexity index is 1290. The highest BCUT2D eigenvalue weighted by atomic mass is 19.4. The number of nitrogens with zero attached hydrogens (tertiary/aromatic N) is 2. The molecule has 1 spiro atoms. The quantitative estimate of drug-likeness (QED) is 0.429. The summed E-state index contributed by atoms with van der Waals surface area (Å²) in [5.41, 5.74) is 1.16. The minimum atomic E-state index is -4.49. The van der Waals surface area contributed by atoms with E-state index < -0.39 is 23.1 Å². The first kappa shape index (κ1) is 19.9.